The van der Waals surface area contributed by atoms with Gasteiger partial charge in [0.25, 0.3) is 0 Å². The molecule has 0 amide bonds. The second kappa shape index (κ2) is 3.83. The number of aliphatic carboxylic acids is 1. The SMILES string of the molecule is Cn1ncc(Cl)c1C1CCC(C(=O)O)N1. The zero-order valence-electron chi connectivity index (χ0n) is 8.27. The Balaban J connectivity index is 2.17. The number of rotatable bonds is 2. The first kappa shape index (κ1) is 10.4. The predicted octanol–water partition coefficient (Wildman–Crippen LogP) is 0.951. The normalized spacial score (nSPS) is 25.7. The molecule has 1 fully saturated rings. The molecule has 5 nitrogen and oxygen atoms in total. The summed E-state index contributed by atoms with van der Waals surface area (Å²) in [5.74, 6) is -0.809. The second-order valence-corrected chi connectivity index (χ2v) is 4.10. The third-order valence-corrected chi connectivity index (χ3v) is 3.00. The average molecular weight is 230 g/mol. The van der Waals surface area contributed by atoms with Crippen LogP contribution in [0.1, 0.15) is 24.6 Å². The van der Waals surface area contributed by atoms with Crippen molar-refractivity contribution in [3.63, 3.8) is 0 Å². The molecule has 2 unspecified atom stereocenters. The third-order valence-electron chi connectivity index (χ3n) is 2.71. The zero-order chi connectivity index (χ0) is 11.0. The van der Waals surface area contributed by atoms with Crippen LogP contribution in [0.4, 0.5) is 0 Å². The van der Waals surface area contributed by atoms with E-state index in [9.17, 15) is 4.79 Å². The van der Waals surface area contributed by atoms with Crippen molar-refractivity contribution in [1.82, 2.24) is 15.1 Å². The highest BCUT2D eigenvalue weighted by atomic mass is 35.5. The van der Waals surface area contributed by atoms with E-state index in [0.717, 1.165) is 12.1 Å². The summed E-state index contributed by atoms with van der Waals surface area (Å²) in [6, 6.07) is -0.480. The summed E-state index contributed by atoms with van der Waals surface area (Å²) < 4.78 is 1.68. The molecule has 0 saturated carbocycles. The van der Waals surface area contributed by atoms with Gasteiger partial charge in [0.05, 0.1) is 23.0 Å². The van der Waals surface area contributed by atoms with E-state index in [1.165, 1.54) is 0 Å². The molecule has 2 N–H and O–H groups in total. The van der Waals surface area contributed by atoms with Crippen LogP contribution in [0, 0.1) is 0 Å². The molecule has 0 aromatic carbocycles. The lowest BCUT2D eigenvalue weighted by Gasteiger charge is -2.12. The molecule has 82 valence electrons. The number of nitrogens with one attached hydrogen (secondary N) is 1. The molecule has 0 spiro atoms. The van der Waals surface area contributed by atoms with Crippen molar-refractivity contribution in [1.29, 1.82) is 0 Å². The Kier molecular flexibility index (Phi) is 2.67. The first-order valence-electron chi connectivity index (χ1n) is 4.76. The van der Waals surface area contributed by atoms with Crippen LogP contribution < -0.4 is 5.32 Å². The van der Waals surface area contributed by atoms with Crippen LogP contribution in [0.15, 0.2) is 6.20 Å². The van der Waals surface area contributed by atoms with Gasteiger partial charge in [-0.3, -0.25) is 14.8 Å². The highest BCUT2D eigenvalue weighted by Gasteiger charge is 2.32. The Morgan fingerprint density at radius 3 is 2.93 bits per heavy atom. The quantitative estimate of drug-likeness (QED) is 0.793. The Morgan fingerprint density at radius 2 is 2.47 bits per heavy atom. The average Bonchev–Trinajstić information content (AvgIpc) is 2.73. The van der Waals surface area contributed by atoms with Crippen molar-refractivity contribution in [2.24, 2.45) is 7.05 Å². The largest absolute Gasteiger partial charge is 0.480 e. The summed E-state index contributed by atoms with van der Waals surface area (Å²) in [5, 5.41) is 16.5. The van der Waals surface area contributed by atoms with Gasteiger partial charge in [0.2, 0.25) is 0 Å². The number of halogens is 1. The van der Waals surface area contributed by atoms with Crippen molar-refractivity contribution in [2.45, 2.75) is 24.9 Å². The first-order valence-corrected chi connectivity index (χ1v) is 5.13. The number of aromatic nitrogens is 2. The highest BCUT2D eigenvalue weighted by Crippen LogP contribution is 2.30. The fourth-order valence-electron chi connectivity index (χ4n) is 1.97. The summed E-state index contributed by atoms with van der Waals surface area (Å²) in [6.07, 6.45) is 2.98. The summed E-state index contributed by atoms with van der Waals surface area (Å²) in [6.45, 7) is 0. The van der Waals surface area contributed by atoms with Gasteiger partial charge in [-0.1, -0.05) is 11.6 Å². The van der Waals surface area contributed by atoms with Gasteiger partial charge in [0.15, 0.2) is 0 Å². The zero-order valence-corrected chi connectivity index (χ0v) is 9.03. The maximum Gasteiger partial charge on any atom is 0.320 e. The number of carboxylic acid groups (broad SMARTS) is 1. The van der Waals surface area contributed by atoms with E-state index in [1.54, 1.807) is 17.9 Å². The van der Waals surface area contributed by atoms with Gasteiger partial charge in [-0.15, -0.1) is 0 Å². The number of carboxylic acids is 1. The fraction of sp³-hybridized carbons (Fsp3) is 0.556. The number of carbonyl (C=O) groups is 1. The molecule has 6 heteroatoms. The molecule has 1 aliphatic heterocycles. The lowest BCUT2D eigenvalue weighted by atomic mass is 10.1. The predicted molar refractivity (Wildman–Crippen MR) is 54.8 cm³/mol. The number of nitrogens with zero attached hydrogens (tertiary/aromatic N) is 2. The van der Waals surface area contributed by atoms with E-state index in [-0.39, 0.29) is 6.04 Å². The van der Waals surface area contributed by atoms with Crippen LogP contribution in [0.2, 0.25) is 5.02 Å². The van der Waals surface area contributed by atoms with E-state index in [4.69, 9.17) is 16.7 Å². The third kappa shape index (κ3) is 1.85. The second-order valence-electron chi connectivity index (χ2n) is 3.69. The lowest BCUT2D eigenvalue weighted by Crippen LogP contribution is -2.32. The highest BCUT2D eigenvalue weighted by molar-refractivity contribution is 6.31. The molecule has 2 heterocycles. The van der Waals surface area contributed by atoms with E-state index >= 15 is 0 Å². The molecule has 0 bridgehead atoms. The fourth-order valence-corrected chi connectivity index (χ4v) is 2.26. The lowest BCUT2D eigenvalue weighted by molar-refractivity contribution is -0.139. The Labute approximate surface area is 92.0 Å². The minimum absolute atomic E-state index is 0.00824. The van der Waals surface area contributed by atoms with Crippen LogP contribution in [-0.2, 0) is 11.8 Å². The van der Waals surface area contributed by atoms with E-state index in [1.807, 2.05) is 0 Å². The van der Waals surface area contributed by atoms with E-state index in [2.05, 4.69) is 10.4 Å². The van der Waals surface area contributed by atoms with E-state index in [0.29, 0.717) is 11.4 Å². The summed E-state index contributed by atoms with van der Waals surface area (Å²) in [5.41, 5.74) is 0.861. The summed E-state index contributed by atoms with van der Waals surface area (Å²) >= 11 is 5.98. The number of hydrogen-bond acceptors (Lipinski definition) is 3. The van der Waals surface area contributed by atoms with Crippen LogP contribution in [-0.4, -0.2) is 26.9 Å². The van der Waals surface area contributed by atoms with Crippen LogP contribution in [0.3, 0.4) is 0 Å². The molecule has 0 aliphatic carbocycles. The molecular formula is C9H12ClN3O2. The van der Waals surface area contributed by atoms with Crippen molar-refractivity contribution < 1.29 is 9.90 Å². The van der Waals surface area contributed by atoms with Gasteiger partial charge in [-0.25, -0.2) is 0 Å². The van der Waals surface area contributed by atoms with Crippen molar-refractivity contribution in [3.8, 4) is 0 Å². The van der Waals surface area contributed by atoms with Gasteiger partial charge >= 0.3 is 5.97 Å². The first-order chi connectivity index (χ1) is 7.09. The topological polar surface area (TPSA) is 67.2 Å². The van der Waals surface area contributed by atoms with Crippen LogP contribution in [0.5, 0.6) is 0 Å². The van der Waals surface area contributed by atoms with Gasteiger partial charge in [-0.2, -0.15) is 5.10 Å². The molecule has 1 aromatic heterocycles. The Bertz CT molecular complexity index is 371. The van der Waals surface area contributed by atoms with E-state index < -0.39 is 12.0 Å². The van der Waals surface area contributed by atoms with Crippen LogP contribution in [0.25, 0.3) is 0 Å². The molecule has 2 atom stereocenters. The molecule has 1 saturated heterocycles. The molecule has 15 heavy (non-hydrogen) atoms. The van der Waals surface area contributed by atoms with Crippen molar-refractivity contribution >= 4 is 17.6 Å². The van der Waals surface area contributed by atoms with Crippen molar-refractivity contribution in [2.75, 3.05) is 0 Å². The molecule has 1 aliphatic rings. The molecule has 2 rings (SSSR count). The van der Waals surface area contributed by atoms with Gasteiger partial charge in [0, 0.05) is 7.05 Å². The summed E-state index contributed by atoms with van der Waals surface area (Å²) in [7, 11) is 1.80. The molecule has 1 aromatic rings. The van der Waals surface area contributed by atoms with Gasteiger partial charge in [-0.05, 0) is 12.8 Å². The smallest absolute Gasteiger partial charge is 0.320 e. The summed E-state index contributed by atoms with van der Waals surface area (Å²) in [4.78, 5) is 10.8. The Morgan fingerprint density at radius 1 is 1.73 bits per heavy atom. The molecule has 0 radical (unpaired) electrons. The minimum Gasteiger partial charge on any atom is -0.480 e. The number of hydrogen-bond donors (Lipinski definition) is 2. The van der Waals surface area contributed by atoms with Crippen LogP contribution >= 0.6 is 11.6 Å². The van der Waals surface area contributed by atoms with Gasteiger partial charge < -0.3 is 5.11 Å². The van der Waals surface area contributed by atoms with Gasteiger partial charge in [0.1, 0.15) is 6.04 Å². The maximum absolute atomic E-state index is 10.8. The maximum atomic E-state index is 10.8. The Hall–Kier alpha value is -1.07. The minimum atomic E-state index is -0.809. The van der Waals surface area contributed by atoms with Crippen molar-refractivity contribution in [3.05, 3.63) is 16.9 Å². The monoisotopic (exact) mass is 229 g/mol. The standard InChI is InChI=1S/C9H12ClN3O2/c1-13-8(5(10)4-11-13)6-2-3-7(12-6)9(14)15/h4,6-7,12H,2-3H2,1H3,(H,14,15). The molecular weight excluding hydrogens is 218 g/mol. The number of aryl methyl sites for hydroxylation is 1.